The van der Waals surface area contributed by atoms with Crippen LogP contribution in [-0.4, -0.2) is 17.7 Å². The Kier molecular flexibility index (Phi) is 10.2. The van der Waals surface area contributed by atoms with Crippen molar-refractivity contribution < 1.29 is 23.9 Å². The standard InChI is InChI=1S/C23H29NO6/c1-2-3-4-5-6-7-8-17-28-21-13-9-19(10-14-21)18-29-23(25)30-22-15-11-20(12-16-22)24(26)27/h9-16H,2-8,17-18H2,1H3. The molecular weight excluding hydrogens is 386 g/mol. The van der Waals surface area contributed by atoms with E-state index in [1.165, 1.54) is 62.8 Å². The summed E-state index contributed by atoms with van der Waals surface area (Å²) >= 11 is 0. The molecule has 2 rings (SSSR count). The van der Waals surface area contributed by atoms with Crippen LogP contribution < -0.4 is 9.47 Å². The summed E-state index contributed by atoms with van der Waals surface area (Å²) in [7, 11) is 0. The van der Waals surface area contributed by atoms with Crippen LogP contribution in [0.25, 0.3) is 0 Å². The van der Waals surface area contributed by atoms with Crippen LogP contribution in [0.4, 0.5) is 10.5 Å². The second kappa shape index (κ2) is 13.2. The molecule has 0 saturated carbocycles. The number of nitro benzene ring substituents is 1. The van der Waals surface area contributed by atoms with Gasteiger partial charge in [-0.2, -0.15) is 0 Å². The first kappa shape index (κ1) is 23.2. The molecule has 2 aromatic carbocycles. The highest BCUT2D eigenvalue weighted by Crippen LogP contribution is 2.18. The number of nitro groups is 1. The van der Waals surface area contributed by atoms with Crippen molar-refractivity contribution in [2.75, 3.05) is 6.61 Å². The van der Waals surface area contributed by atoms with Crippen molar-refractivity contribution in [1.82, 2.24) is 0 Å². The molecule has 0 aliphatic heterocycles. The number of carbonyl (C=O) groups excluding carboxylic acids is 1. The van der Waals surface area contributed by atoms with Gasteiger partial charge in [-0.15, -0.1) is 0 Å². The van der Waals surface area contributed by atoms with Gasteiger partial charge in [0, 0.05) is 12.1 Å². The summed E-state index contributed by atoms with van der Waals surface area (Å²) in [6.45, 7) is 2.98. The number of nitrogens with zero attached hydrogens (tertiary/aromatic N) is 1. The molecule has 0 radical (unpaired) electrons. The van der Waals surface area contributed by atoms with Crippen LogP contribution >= 0.6 is 0 Å². The van der Waals surface area contributed by atoms with Gasteiger partial charge >= 0.3 is 6.16 Å². The van der Waals surface area contributed by atoms with Gasteiger partial charge in [0.05, 0.1) is 11.5 Å². The predicted octanol–water partition coefficient (Wildman–Crippen LogP) is 6.44. The predicted molar refractivity (Wildman–Crippen MR) is 114 cm³/mol. The summed E-state index contributed by atoms with van der Waals surface area (Å²) in [5.41, 5.74) is 0.726. The van der Waals surface area contributed by atoms with E-state index in [0.29, 0.717) is 6.61 Å². The van der Waals surface area contributed by atoms with E-state index in [1.54, 1.807) is 0 Å². The van der Waals surface area contributed by atoms with Crippen molar-refractivity contribution in [2.24, 2.45) is 0 Å². The first-order valence-corrected chi connectivity index (χ1v) is 10.4. The fourth-order valence-electron chi connectivity index (χ4n) is 2.83. The van der Waals surface area contributed by atoms with Gasteiger partial charge in [-0.25, -0.2) is 4.79 Å². The highest BCUT2D eigenvalue weighted by Gasteiger charge is 2.09. The molecule has 162 valence electrons. The highest BCUT2D eigenvalue weighted by molar-refractivity contribution is 5.64. The van der Waals surface area contributed by atoms with E-state index in [2.05, 4.69) is 6.92 Å². The molecule has 0 spiro atoms. The Morgan fingerprint density at radius 1 is 0.867 bits per heavy atom. The van der Waals surface area contributed by atoms with Crippen molar-refractivity contribution >= 4 is 11.8 Å². The molecule has 0 N–H and O–H groups in total. The second-order valence-electron chi connectivity index (χ2n) is 7.01. The average Bonchev–Trinajstić information content (AvgIpc) is 2.75. The molecule has 2 aromatic rings. The van der Waals surface area contributed by atoms with Gasteiger partial charge in [-0.1, -0.05) is 57.6 Å². The Hall–Kier alpha value is -3.09. The van der Waals surface area contributed by atoms with Crippen molar-refractivity contribution in [1.29, 1.82) is 0 Å². The quantitative estimate of drug-likeness (QED) is 0.123. The smallest absolute Gasteiger partial charge is 0.494 e. The largest absolute Gasteiger partial charge is 0.514 e. The third-order valence-corrected chi connectivity index (χ3v) is 4.55. The van der Waals surface area contributed by atoms with Crippen molar-refractivity contribution in [2.45, 2.75) is 58.5 Å². The van der Waals surface area contributed by atoms with Crippen molar-refractivity contribution in [3.05, 3.63) is 64.2 Å². The lowest BCUT2D eigenvalue weighted by molar-refractivity contribution is -0.384. The van der Waals surface area contributed by atoms with Gasteiger partial charge in [0.2, 0.25) is 0 Å². The molecule has 0 amide bonds. The maximum absolute atomic E-state index is 11.8. The summed E-state index contributed by atoms with van der Waals surface area (Å²) < 4.78 is 15.8. The lowest BCUT2D eigenvalue weighted by atomic mass is 10.1. The van der Waals surface area contributed by atoms with Gasteiger partial charge in [-0.05, 0) is 36.2 Å². The minimum Gasteiger partial charge on any atom is -0.494 e. The van der Waals surface area contributed by atoms with Crippen LogP contribution in [0.15, 0.2) is 48.5 Å². The molecule has 7 nitrogen and oxygen atoms in total. The molecule has 7 heteroatoms. The molecule has 0 bridgehead atoms. The molecular formula is C23H29NO6. The Labute approximate surface area is 177 Å². The lowest BCUT2D eigenvalue weighted by Crippen LogP contribution is -2.10. The monoisotopic (exact) mass is 415 g/mol. The molecule has 0 atom stereocenters. The fourth-order valence-corrected chi connectivity index (χ4v) is 2.83. The maximum Gasteiger partial charge on any atom is 0.514 e. The summed E-state index contributed by atoms with van der Waals surface area (Å²) in [6.07, 6.45) is 7.83. The van der Waals surface area contributed by atoms with Gasteiger partial charge in [-0.3, -0.25) is 10.1 Å². The van der Waals surface area contributed by atoms with E-state index < -0.39 is 11.1 Å². The Morgan fingerprint density at radius 3 is 2.10 bits per heavy atom. The fraction of sp³-hybridized carbons (Fsp3) is 0.435. The van der Waals surface area contributed by atoms with Crippen LogP contribution in [0, 0.1) is 10.1 Å². The van der Waals surface area contributed by atoms with E-state index >= 15 is 0 Å². The Balaban J connectivity index is 1.63. The van der Waals surface area contributed by atoms with Crippen LogP contribution in [0.1, 0.15) is 57.4 Å². The van der Waals surface area contributed by atoms with Gasteiger partial charge in [0.25, 0.3) is 5.69 Å². The topological polar surface area (TPSA) is 87.9 Å². The number of carbonyl (C=O) groups is 1. The van der Waals surface area contributed by atoms with E-state index in [9.17, 15) is 14.9 Å². The van der Waals surface area contributed by atoms with E-state index in [4.69, 9.17) is 14.2 Å². The van der Waals surface area contributed by atoms with E-state index in [-0.39, 0.29) is 18.0 Å². The van der Waals surface area contributed by atoms with Crippen LogP contribution in [-0.2, 0) is 11.3 Å². The normalized spacial score (nSPS) is 10.4. The highest BCUT2D eigenvalue weighted by atomic mass is 16.7. The summed E-state index contributed by atoms with van der Waals surface area (Å²) in [6, 6.07) is 12.6. The molecule has 0 unspecified atom stereocenters. The zero-order valence-corrected chi connectivity index (χ0v) is 17.4. The molecule has 0 heterocycles. The average molecular weight is 415 g/mol. The number of hydrogen-bond donors (Lipinski definition) is 0. The molecule has 30 heavy (non-hydrogen) atoms. The van der Waals surface area contributed by atoms with Crippen LogP contribution in [0.2, 0.25) is 0 Å². The van der Waals surface area contributed by atoms with Crippen LogP contribution in [0.3, 0.4) is 0 Å². The third kappa shape index (κ3) is 8.94. The number of non-ortho nitro benzene ring substituents is 1. The molecule has 0 saturated heterocycles. The number of benzene rings is 2. The lowest BCUT2D eigenvalue weighted by Gasteiger charge is -2.08. The summed E-state index contributed by atoms with van der Waals surface area (Å²) in [5, 5.41) is 10.6. The van der Waals surface area contributed by atoms with E-state index in [0.717, 1.165) is 17.7 Å². The zero-order valence-electron chi connectivity index (χ0n) is 17.4. The minimum atomic E-state index is -0.872. The summed E-state index contributed by atoms with van der Waals surface area (Å²) in [4.78, 5) is 21.8. The molecule has 0 aliphatic carbocycles. The molecule has 0 aliphatic rings. The molecule has 0 fully saturated rings. The van der Waals surface area contributed by atoms with Gasteiger partial charge in [0.1, 0.15) is 18.1 Å². The number of ether oxygens (including phenoxy) is 3. The number of unbranched alkanes of at least 4 members (excludes halogenated alkanes) is 6. The summed E-state index contributed by atoms with van der Waals surface area (Å²) in [5.74, 6) is 0.970. The number of rotatable bonds is 13. The first-order chi connectivity index (χ1) is 14.6. The minimum absolute atomic E-state index is 0.0594. The maximum atomic E-state index is 11.8. The first-order valence-electron chi connectivity index (χ1n) is 10.4. The van der Waals surface area contributed by atoms with Crippen LogP contribution in [0.5, 0.6) is 11.5 Å². The van der Waals surface area contributed by atoms with E-state index in [1.807, 2.05) is 24.3 Å². The van der Waals surface area contributed by atoms with Gasteiger partial charge in [0.15, 0.2) is 0 Å². The molecule has 0 aromatic heterocycles. The number of hydrogen-bond acceptors (Lipinski definition) is 6. The van der Waals surface area contributed by atoms with Crippen molar-refractivity contribution in [3.63, 3.8) is 0 Å². The Morgan fingerprint density at radius 2 is 1.47 bits per heavy atom. The Bertz CT molecular complexity index is 773. The van der Waals surface area contributed by atoms with Crippen molar-refractivity contribution in [3.8, 4) is 11.5 Å². The second-order valence-corrected chi connectivity index (χ2v) is 7.01. The third-order valence-electron chi connectivity index (χ3n) is 4.55. The zero-order chi connectivity index (χ0) is 21.6. The SMILES string of the molecule is CCCCCCCCCOc1ccc(COC(=O)Oc2ccc([N+](=O)[O-])cc2)cc1. The van der Waals surface area contributed by atoms with Gasteiger partial charge < -0.3 is 14.2 Å².